The second-order valence-corrected chi connectivity index (χ2v) is 5.43. The van der Waals surface area contributed by atoms with Crippen LogP contribution in [0.4, 0.5) is 0 Å². The Morgan fingerprint density at radius 3 is 2.86 bits per heavy atom. The van der Waals surface area contributed by atoms with Crippen molar-refractivity contribution in [2.75, 3.05) is 0 Å². The highest BCUT2D eigenvalue weighted by atomic mass is 79.9. The molecule has 1 aromatic rings. The first-order valence-corrected chi connectivity index (χ1v) is 5.94. The first kappa shape index (κ1) is 10.2. The van der Waals surface area contributed by atoms with Gasteiger partial charge in [-0.2, -0.15) is 0 Å². The number of halogens is 1. The highest BCUT2D eigenvalue weighted by Crippen LogP contribution is 2.40. The van der Waals surface area contributed by atoms with Crippen molar-refractivity contribution in [3.05, 3.63) is 34.3 Å². The van der Waals surface area contributed by atoms with Gasteiger partial charge < -0.3 is 5.73 Å². The third kappa shape index (κ3) is 1.86. The fraction of sp³-hybridized carbons (Fsp3) is 0.500. The predicted molar refractivity (Wildman–Crippen MR) is 63.0 cm³/mol. The molecule has 0 heterocycles. The molecule has 1 aromatic carbocycles. The SMILES string of the molecule is CC1CCC(N)(c2cccc(Br)c2)C1. The number of rotatable bonds is 1. The zero-order valence-electron chi connectivity index (χ0n) is 8.46. The van der Waals surface area contributed by atoms with Crippen molar-refractivity contribution in [2.45, 2.75) is 31.7 Å². The Bertz CT molecular complexity index is 337. The van der Waals surface area contributed by atoms with Crippen molar-refractivity contribution >= 4 is 15.9 Å². The largest absolute Gasteiger partial charge is 0.321 e. The molecule has 0 amide bonds. The van der Waals surface area contributed by atoms with Crippen LogP contribution in [-0.2, 0) is 5.54 Å². The molecule has 2 unspecified atom stereocenters. The summed E-state index contributed by atoms with van der Waals surface area (Å²) in [5, 5.41) is 0. The summed E-state index contributed by atoms with van der Waals surface area (Å²) < 4.78 is 1.12. The monoisotopic (exact) mass is 253 g/mol. The van der Waals surface area contributed by atoms with E-state index in [2.05, 4.69) is 41.1 Å². The molecule has 1 aliphatic rings. The molecule has 1 saturated carbocycles. The molecule has 0 spiro atoms. The van der Waals surface area contributed by atoms with Crippen LogP contribution >= 0.6 is 15.9 Å². The Morgan fingerprint density at radius 2 is 2.29 bits per heavy atom. The average Bonchev–Trinajstić information content (AvgIpc) is 2.48. The lowest BCUT2D eigenvalue weighted by atomic mass is 9.89. The second kappa shape index (κ2) is 3.67. The van der Waals surface area contributed by atoms with Gasteiger partial charge in [-0.25, -0.2) is 0 Å². The molecule has 2 N–H and O–H groups in total. The van der Waals surface area contributed by atoms with Gasteiger partial charge in [-0.15, -0.1) is 0 Å². The maximum absolute atomic E-state index is 6.42. The van der Waals surface area contributed by atoms with E-state index >= 15 is 0 Å². The van der Waals surface area contributed by atoms with E-state index in [9.17, 15) is 0 Å². The van der Waals surface area contributed by atoms with Crippen molar-refractivity contribution in [1.82, 2.24) is 0 Å². The van der Waals surface area contributed by atoms with Crippen LogP contribution in [0.5, 0.6) is 0 Å². The number of nitrogens with two attached hydrogens (primary N) is 1. The van der Waals surface area contributed by atoms with Crippen molar-refractivity contribution in [3.63, 3.8) is 0 Å². The van der Waals surface area contributed by atoms with Gasteiger partial charge in [0, 0.05) is 10.0 Å². The Balaban J connectivity index is 2.30. The molecule has 1 fully saturated rings. The van der Waals surface area contributed by atoms with Crippen LogP contribution in [-0.4, -0.2) is 0 Å². The number of hydrogen-bond donors (Lipinski definition) is 1. The minimum Gasteiger partial charge on any atom is -0.321 e. The normalized spacial score (nSPS) is 32.1. The topological polar surface area (TPSA) is 26.0 Å². The van der Waals surface area contributed by atoms with Crippen LogP contribution in [0.2, 0.25) is 0 Å². The summed E-state index contributed by atoms with van der Waals surface area (Å²) >= 11 is 3.49. The Hall–Kier alpha value is -0.340. The van der Waals surface area contributed by atoms with Gasteiger partial charge in [0.05, 0.1) is 0 Å². The molecule has 2 atom stereocenters. The minimum atomic E-state index is -0.0802. The third-order valence-electron chi connectivity index (χ3n) is 3.20. The van der Waals surface area contributed by atoms with Crippen molar-refractivity contribution in [3.8, 4) is 0 Å². The molecular weight excluding hydrogens is 238 g/mol. The first-order chi connectivity index (χ1) is 6.60. The predicted octanol–water partition coefficient (Wildman–Crippen LogP) is 3.42. The summed E-state index contributed by atoms with van der Waals surface area (Å²) in [6, 6.07) is 8.41. The van der Waals surface area contributed by atoms with Gasteiger partial charge in [0.1, 0.15) is 0 Å². The van der Waals surface area contributed by atoms with Gasteiger partial charge in [-0.1, -0.05) is 35.0 Å². The quantitative estimate of drug-likeness (QED) is 0.816. The minimum absolute atomic E-state index is 0.0802. The Labute approximate surface area is 93.8 Å². The van der Waals surface area contributed by atoms with E-state index < -0.39 is 0 Å². The highest BCUT2D eigenvalue weighted by Gasteiger charge is 2.34. The molecule has 2 heteroatoms. The van der Waals surface area contributed by atoms with E-state index in [1.807, 2.05) is 6.07 Å². The fourth-order valence-electron chi connectivity index (χ4n) is 2.39. The van der Waals surface area contributed by atoms with Gasteiger partial charge in [0.25, 0.3) is 0 Å². The van der Waals surface area contributed by atoms with Gasteiger partial charge >= 0.3 is 0 Å². The molecule has 1 aliphatic carbocycles. The zero-order chi connectivity index (χ0) is 10.2. The maximum atomic E-state index is 6.42. The standard InChI is InChI=1S/C12H16BrN/c1-9-5-6-12(14,8-9)10-3-2-4-11(13)7-10/h2-4,7,9H,5-6,8,14H2,1H3. The summed E-state index contributed by atoms with van der Waals surface area (Å²) in [7, 11) is 0. The molecule has 2 rings (SSSR count). The summed E-state index contributed by atoms with van der Waals surface area (Å²) in [4.78, 5) is 0. The molecule has 0 bridgehead atoms. The second-order valence-electron chi connectivity index (χ2n) is 4.51. The van der Waals surface area contributed by atoms with E-state index in [0.29, 0.717) is 0 Å². The zero-order valence-corrected chi connectivity index (χ0v) is 10.0. The smallest absolute Gasteiger partial charge is 0.0412 e. The summed E-state index contributed by atoms with van der Waals surface area (Å²) in [6.45, 7) is 2.28. The van der Waals surface area contributed by atoms with Gasteiger partial charge in [0.15, 0.2) is 0 Å². The lowest BCUT2D eigenvalue weighted by molar-refractivity contribution is 0.440. The fourth-order valence-corrected chi connectivity index (χ4v) is 2.79. The summed E-state index contributed by atoms with van der Waals surface area (Å²) in [5.74, 6) is 0.763. The number of hydrogen-bond acceptors (Lipinski definition) is 1. The van der Waals surface area contributed by atoms with E-state index in [4.69, 9.17) is 5.73 Å². The van der Waals surface area contributed by atoms with E-state index in [1.54, 1.807) is 0 Å². The summed E-state index contributed by atoms with van der Waals surface area (Å²) in [6.07, 6.45) is 3.48. The maximum Gasteiger partial charge on any atom is 0.0412 e. The first-order valence-electron chi connectivity index (χ1n) is 5.15. The van der Waals surface area contributed by atoms with Crippen molar-refractivity contribution in [2.24, 2.45) is 11.7 Å². The summed E-state index contributed by atoms with van der Waals surface area (Å²) in [5.41, 5.74) is 7.61. The highest BCUT2D eigenvalue weighted by molar-refractivity contribution is 9.10. The molecule has 0 aromatic heterocycles. The van der Waals surface area contributed by atoms with Gasteiger partial charge in [-0.3, -0.25) is 0 Å². The lowest BCUT2D eigenvalue weighted by Gasteiger charge is -2.24. The Morgan fingerprint density at radius 1 is 1.50 bits per heavy atom. The molecule has 14 heavy (non-hydrogen) atoms. The molecule has 76 valence electrons. The van der Waals surface area contributed by atoms with E-state index in [1.165, 1.54) is 12.0 Å². The van der Waals surface area contributed by atoms with Crippen LogP contribution in [0, 0.1) is 5.92 Å². The number of benzene rings is 1. The van der Waals surface area contributed by atoms with Crippen LogP contribution in [0.25, 0.3) is 0 Å². The van der Waals surface area contributed by atoms with Gasteiger partial charge in [0.2, 0.25) is 0 Å². The molecule has 0 radical (unpaired) electrons. The van der Waals surface area contributed by atoms with Crippen LogP contribution in [0.15, 0.2) is 28.7 Å². The lowest BCUT2D eigenvalue weighted by Crippen LogP contribution is -2.33. The van der Waals surface area contributed by atoms with Crippen LogP contribution in [0.3, 0.4) is 0 Å². The van der Waals surface area contributed by atoms with Crippen molar-refractivity contribution < 1.29 is 0 Å². The average molecular weight is 254 g/mol. The third-order valence-corrected chi connectivity index (χ3v) is 3.69. The molecular formula is C12H16BrN. The van der Waals surface area contributed by atoms with Crippen molar-refractivity contribution in [1.29, 1.82) is 0 Å². The van der Waals surface area contributed by atoms with E-state index in [-0.39, 0.29) is 5.54 Å². The van der Waals surface area contributed by atoms with Crippen LogP contribution < -0.4 is 5.73 Å². The Kier molecular flexibility index (Phi) is 2.67. The molecule has 0 aliphatic heterocycles. The van der Waals surface area contributed by atoms with E-state index in [0.717, 1.165) is 23.2 Å². The van der Waals surface area contributed by atoms with Gasteiger partial charge in [-0.05, 0) is 42.9 Å². The molecule has 1 nitrogen and oxygen atoms in total. The van der Waals surface area contributed by atoms with Crippen LogP contribution in [0.1, 0.15) is 31.7 Å². The molecule has 0 saturated heterocycles.